The Bertz CT molecular complexity index is 373. The average molecular weight is 151 g/mol. The van der Waals surface area contributed by atoms with Crippen molar-refractivity contribution in [2.75, 3.05) is 0 Å². The smallest absolute Gasteiger partial charge is 0.149 e. The number of halogens is 1. The molecule has 1 nitrogen and oxygen atoms in total. The van der Waals surface area contributed by atoms with Crippen molar-refractivity contribution in [1.29, 1.82) is 0 Å². The van der Waals surface area contributed by atoms with Crippen LogP contribution in [0.1, 0.15) is 6.92 Å². The number of nitrogens with one attached hydrogen (secondary N) is 1. The fourth-order valence-corrected chi connectivity index (χ4v) is 0.819. The molecule has 0 radical (unpaired) electrons. The molecule has 1 aromatic heterocycles. The molecule has 0 atom stereocenters. The Hall–Kier alpha value is -1.31. The maximum atomic E-state index is 13.1. The van der Waals surface area contributed by atoms with E-state index in [1.165, 1.54) is 0 Å². The summed E-state index contributed by atoms with van der Waals surface area (Å²) in [7, 11) is 0. The van der Waals surface area contributed by atoms with E-state index in [1.807, 2.05) is 0 Å². The predicted molar refractivity (Wildman–Crippen MR) is 44.9 cm³/mol. The van der Waals surface area contributed by atoms with Crippen LogP contribution in [0.2, 0.25) is 0 Å². The molecule has 0 aliphatic carbocycles. The SMILES string of the molecule is C=C(C)/C(F)=c1/[nH]ccc1=C. The zero-order valence-corrected chi connectivity index (χ0v) is 6.45. The maximum Gasteiger partial charge on any atom is 0.149 e. The normalized spacial score (nSPS) is 12.9. The highest BCUT2D eigenvalue weighted by atomic mass is 19.1. The average Bonchev–Trinajstić information content (AvgIpc) is 2.33. The van der Waals surface area contributed by atoms with Gasteiger partial charge in [0.15, 0.2) is 0 Å². The van der Waals surface area contributed by atoms with Crippen LogP contribution in [-0.4, -0.2) is 4.98 Å². The Morgan fingerprint density at radius 1 is 1.64 bits per heavy atom. The number of rotatable bonds is 1. The second-order valence-corrected chi connectivity index (χ2v) is 2.47. The molecule has 0 spiro atoms. The van der Waals surface area contributed by atoms with Crippen molar-refractivity contribution in [2.24, 2.45) is 0 Å². The predicted octanol–water partition coefficient (Wildman–Crippen LogP) is 1.08. The summed E-state index contributed by atoms with van der Waals surface area (Å²) in [6.07, 6.45) is 1.65. The van der Waals surface area contributed by atoms with Gasteiger partial charge in [-0.05, 0) is 23.8 Å². The quantitative estimate of drug-likeness (QED) is 0.618. The first-order valence-corrected chi connectivity index (χ1v) is 3.31. The lowest BCUT2D eigenvalue weighted by atomic mass is 10.3. The summed E-state index contributed by atoms with van der Waals surface area (Å²) in [5.74, 6) is -0.319. The molecule has 1 aromatic rings. The second kappa shape index (κ2) is 2.74. The molecular weight excluding hydrogens is 141 g/mol. The lowest BCUT2D eigenvalue weighted by Gasteiger charge is -1.90. The molecule has 0 aliphatic heterocycles. The Balaban J connectivity index is 3.50. The molecule has 0 bridgehead atoms. The third-order valence-electron chi connectivity index (χ3n) is 1.43. The van der Waals surface area contributed by atoms with Crippen molar-refractivity contribution >= 4 is 12.4 Å². The monoisotopic (exact) mass is 151 g/mol. The van der Waals surface area contributed by atoms with Gasteiger partial charge in [0.1, 0.15) is 5.83 Å². The van der Waals surface area contributed by atoms with Crippen LogP contribution in [-0.2, 0) is 0 Å². The summed E-state index contributed by atoms with van der Waals surface area (Å²) < 4.78 is 13.1. The molecule has 0 aliphatic rings. The van der Waals surface area contributed by atoms with Crippen LogP contribution < -0.4 is 10.6 Å². The van der Waals surface area contributed by atoms with E-state index in [9.17, 15) is 4.39 Å². The zero-order valence-electron chi connectivity index (χ0n) is 6.45. The molecule has 0 saturated carbocycles. The van der Waals surface area contributed by atoms with Gasteiger partial charge in [-0.1, -0.05) is 13.2 Å². The van der Waals surface area contributed by atoms with Crippen LogP contribution in [0.15, 0.2) is 24.4 Å². The third-order valence-corrected chi connectivity index (χ3v) is 1.43. The summed E-state index contributed by atoms with van der Waals surface area (Å²) in [6.45, 7) is 8.76. The van der Waals surface area contributed by atoms with Crippen LogP contribution in [0, 0.1) is 0 Å². The van der Waals surface area contributed by atoms with E-state index in [-0.39, 0.29) is 5.83 Å². The molecular formula is C9H10FN. The Morgan fingerprint density at radius 3 is 2.64 bits per heavy atom. The number of aromatic amines is 1. The van der Waals surface area contributed by atoms with E-state index in [0.29, 0.717) is 16.1 Å². The first-order valence-electron chi connectivity index (χ1n) is 3.31. The molecule has 58 valence electrons. The number of hydrogen-bond donors (Lipinski definition) is 1. The topological polar surface area (TPSA) is 15.8 Å². The molecule has 0 unspecified atom stereocenters. The minimum Gasteiger partial charge on any atom is -0.359 e. The molecule has 1 heterocycles. The summed E-state index contributed by atoms with van der Waals surface area (Å²) in [5.41, 5.74) is 0.414. The summed E-state index contributed by atoms with van der Waals surface area (Å²) >= 11 is 0. The van der Waals surface area contributed by atoms with Crippen molar-refractivity contribution in [3.8, 4) is 0 Å². The minimum absolute atomic E-state index is 0.319. The van der Waals surface area contributed by atoms with Crippen molar-refractivity contribution < 1.29 is 4.39 Å². The molecule has 0 saturated heterocycles. The van der Waals surface area contributed by atoms with E-state index in [4.69, 9.17) is 0 Å². The van der Waals surface area contributed by atoms with Crippen molar-refractivity contribution in [1.82, 2.24) is 4.98 Å². The number of aromatic nitrogens is 1. The van der Waals surface area contributed by atoms with Gasteiger partial charge in [0.05, 0.1) is 5.35 Å². The zero-order chi connectivity index (χ0) is 8.43. The molecule has 0 fully saturated rings. The van der Waals surface area contributed by atoms with Crippen molar-refractivity contribution in [3.63, 3.8) is 0 Å². The van der Waals surface area contributed by atoms with Crippen LogP contribution in [0.5, 0.6) is 0 Å². The van der Waals surface area contributed by atoms with E-state index < -0.39 is 0 Å². The van der Waals surface area contributed by atoms with Crippen molar-refractivity contribution in [2.45, 2.75) is 6.92 Å². The number of H-pyrrole nitrogens is 1. The van der Waals surface area contributed by atoms with E-state index >= 15 is 0 Å². The molecule has 0 aromatic carbocycles. The highest BCUT2D eigenvalue weighted by Gasteiger charge is 1.97. The minimum atomic E-state index is -0.319. The number of hydrogen-bond acceptors (Lipinski definition) is 0. The van der Waals surface area contributed by atoms with E-state index in [2.05, 4.69) is 18.1 Å². The van der Waals surface area contributed by atoms with E-state index in [1.54, 1.807) is 19.2 Å². The lowest BCUT2D eigenvalue weighted by Crippen LogP contribution is -2.22. The highest BCUT2D eigenvalue weighted by Crippen LogP contribution is 2.04. The molecule has 1 N–H and O–H groups in total. The fraction of sp³-hybridized carbons (Fsp3) is 0.111. The largest absolute Gasteiger partial charge is 0.359 e. The van der Waals surface area contributed by atoms with Crippen LogP contribution in [0.25, 0.3) is 12.4 Å². The Kier molecular flexibility index (Phi) is 1.94. The van der Waals surface area contributed by atoms with Crippen molar-refractivity contribution in [3.05, 3.63) is 35.0 Å². The molecule has 0 amide bonds. The lowest BCUT2D eigenvalue weighted by molar-refractivity contribution is 0.744. The number of allylic oxidation sites excluding steroid dienone is 1. The van der Waals surface area contributed by atoms with Gasteiger partial charge < -0.3 is 4.98 Å². The molecule has 2 heteroatoms. The maximum absolute atomic E-state index is 13.1. The van der Waals surface area contributed by atoms with Gasteiger partial charge in [0.2, 0.25) is 0 Å². The van der Waals surface area contributed by atoms with Crippen LogP contribution >= 0.6 is 0 Å². The summed E-state index contributed by atoms with van der Waals surface area (Å²) in [4.78, 5) is 2.75. The summed E-state index contributed by atoms with van der Waals surface area (Å²) in [5, 5.41) is 1.09. The van der Waals surface area contributed by atoms with Gasteiger partial charge in [-0.15, -0.1) is 0 Å². The molecule has 11 heavy (non-hydrogen) atoms. The first-order chi connectivity index (χ1) is 5.13. The van der Waals surface area contributed by atoms with Gasteiger partial charge >= 0.3 is 0 Å². The Labute approximate surface area is 64.6 Å². The molecule has 1 rings (SSSR count). The second-order valence-electron chi connectivity index (χ2n) is 2.47. The highest BCUT2D eigenvalue weighted by molar-refractivity contribution is 5.53. The van der Waals surface area contributed by atoms with Gasteiger partial charge in [-0.25, -0.2) is 4.39 Å². The standard InChI is InChI=1S/C9H10FN/c1-6(2)8(10)9-7(3)4-5-11-9/h4-5,11H,1,3H2,2H3/b9-8-. The Morgan fingerprint density at radius 2 is 2.27 bits per heavy atom. The summed E-state index contributed by atoms with van der Waals surface area (Å²) in [6, 6.07) is 1.72. The van der Waals surface area contributed by atoms with Gasteiger partial charge in [-0.2, -0.15) is 0 Å². The van der Waals surface area contributed by atoms with Gasteiger partial charge in [0, 0.05) is 6.20 Å². The third kappa shape index (κ3) is 1.40. The van der Waals surface area contributed by atoms with Gasteiger partial charge in [-0.3, -0.25) is 0 Å². The van der Waals surface area contributed by atoms with Crippen LogP contribution in [0.4, 0.5) is 4.39 Å². The fourth-order valence-electron chi connectivity index (χ4n) is 0.819. The first kappa shape index (κ1) is 7.79. The van der Waals surface area contributed by atoms with Gasteiger partial charge in [0.25, 0.3) is 0 Å². The van der Waals surface area contributed by atoms with Crippen LogP contribution in [0.3, 0.4) is 0 Å². The van der Waals surface area contributed by atoms with E-state index in [0.717, 1.165) is 0 Å².